The molecule has 1 atom stereocenters. The third kappa shape index (κ3) is 11.7. The van der Waals surface area contributed by atoms with Gasteiger partial charge >= 0.3 is 5.97 Å². The topological polar surface area (TPSA) is 238 Å². The van der Waals surface area contributed by atoms with Gasteiger partial charge in [-0.1, -0.05) is 60.1 Å². The van der Waals surface area contributed by atoms with Crippen molar-refractivity contribution in [3.8, 4) is 11.1 Å². The molecule has 2 amide bonds. The number of aliphatic carboxylic acids is 1. The summed E-state index contributed by atoms with van der Waals surface area (Å²) in [6, 6.07) is 15.7. The maximum Gasteiger partial charge on any atom is 0.320 e. The number of halogens is 1. The summed E-state index contributed by atoms with van der Waals surface area (Å²) in [4.78, 5) is 46.9. The second-order valence-electron chi connectivity index (χ2n) is 10.5. The van der Waals surface area contributed by atoms with Crippen molar-refractivity contribution in [2.75, 3.05) is 24.6 Å². The van der Waals surface area contributed by atoms with E-state index in [1.165, 1.54) is 5.56 Å². The van der Waals surface area contributed by atoms with Crippen molar-refractivity contribution in [3.63, 3.8) is 0 Å². The normalized spacial score (nSPS) is 12.0. The molecular formula is C31H40ClN9O4. The molecule has 14 heteroatoms. The van der Waals surface area contributed by atoms with Crippen LogP contribution in [-0.4, -0.2) is 57.9 Å². The summed E-state index contributed by atoms with van der Waals surface area (Å²) in [7, 11) is 0. The molecule has 0 bridgehead atoms. The number of aromatic nitrogens is 2. The second kappa shape index (κ2) is 17.5. The van der Waals surface area contributed by atoms with Crippen LogP contribution in [0.1, 0.15) is 60.1 Å². The number of hydrogen-bond acceptors (Lipinski definition) is 9. The highest BCUT2D eigenvalue weighted by atomic mass is 35.5. The summed E-state index contributed by atoms with van der Waals surface area (Å²) in [5.41, 5.74) is 26.8. The summed E-state index contributed by atoms with van der Waals surface area (Å²) in [6.45, 7) is 0.947. The lowest BCUT2D eigenvalue weighted by Gasteiger charge is -2.08. The van der Waals surface area contributed by atoms with E-state index in [0.717, 1.165) is 36.0 Å². The lowest BCUT2D eigenvalue weighted by atomic mass is 9.99. The molecule has 240 valence electrons. The SMILES string of the molecule is NC(=NCCCCc1ccc(-c2ccc(CCC(=O)NCCCC[C@H](N)C(=O)O)cc2)cc1)NC(=O)c1nc(Cl)c(N)nc1N. The number of guanidine groups is 1. The first-order valence-electron chi connectivity index (χ1n) is 14.7. The zero-order valence-corrected chi connectivity index (χ0v) is 25.7. The molecule has 13 nitrogen and oxygen atoms in total. The zero-order valence-electron chi connectivity index (χ0n) is 25.0. The van der Waals surface area contributed by atoms with Gasteiger partial charge in [0.15, 0.2) is 28.4 Å². The van der Waals surface area contributed by atoms with Gasteiger partial charge in [-0.25, -0.2) is 9.97 Å². The average molecular weight is 638 g/mol. The van der Waals surface area contributed by atoms with Crippen LogP contribution in [-0.2, 0) is 22.4 Å². The van der Waals surface area contributed by atoms with Crippen LogP contribution in [0.2, 0.25) is 5.15 Å². The number of benzene rings is 2. The molecule has 0 aliphatic rings. The molecule has 0 radical (unpaired) electrons. The first kappa shape index (κ1) is 34.7. The number of aryl methyl sites for hydroxylation is 2. The van der Waals surface area contributed by atoms with Crippen LogP contribution in [0.4, 0.5) is 11.6 Å². The Morgan fingerprint density at radius 3 is 2.11 bits per heavy atom. The maximum atomic E-state index is 12.3. The highest BCUT2D eigenvalue weighted by molar-refractivity contribution is 6.31. The van der Waals surface area contributed by atoms with Gasteiger partial charge in [0.05, 0.1) is 0 Å². The highest BCUT2D eigenvalue weighted by Gasteiger charge is 2.16. The summed E-state index contributed by atoms with van der Waals surface area (Å²) >= 11 is 5.81. The van der Waals surface area contributed by atoms with Crippen LogP contribution >= 0.6 is 11.6 Å². The van der Waals surface area contributed by atoms with E-state index in [4.69, 9.17) is 39.6 Å². The first-order chi connectivity index (χ1) is 21.5. The van der Waals surface area contributed by atoms with Crippen molar-refractivity contribution in [1.29, 1.82) is 0 Å². The number of carbonyl (C=O) groups excluding carboxylic acids is 2. The molecule has 1 aromatic heterocycles. The number of hydrogen-bond donors (Lipinski definition) is 7. The molecule has 0 saturated carbocycles. The van der Waals surface area contributed by atoms with E-state index in [2.05, 4.69) is 62.0 Å². The van der Waals surface area contributed by atoms with E-state index in [9.17, 15) is 14.4 Å². The molecule has 2 aromatic carbocycles. The molecule has 1 heterocycles. The Balaban J connectivity index is 1.34. The Morgan fingerprint density at radius 1 is 0.867 bits per heavy atom. The summed E-state index contributed by atoms with van der Waals surface area (Å²) < 4.78 is 0. The summed E-state index contributed by atoms with van der Waals surface area (Å²) in [6.07, 6.45) is 5.30. The van der Waals surface area contributed by atoms with Crippen LogP contribution in [0.5, 0.6) is 0 Å². The number of amides is 2. The number of nitrogens with zero attached hydrogens (tertiary/aromatic N) is 3. The molecule has 0 spiro atoms. The van der Waals surface area contributed by atoms with E-state index in [0.29, 0.717) is 45.2 Å². The van der Waals surface area contributed by atoms with E-state index >= 15 is 0 Å². The largest absolute Gasteiger partial charge is 0.480 e. The summed E-state index contributed by atoms with van der Waals surface area (Å²) in [5, 5.41) is 14.0. The molecule has 0 unspecified atom stereocenters. The molecule has 0 saturated heterocycles. The molecule has 45 heavy (non-hydrogen) atoms. The van der Waals surface area contributed by atoms with Gasteiger partial charge in [0.1, 0.15) is 6.04 Å². The second-order valence-corrected chi connectivity index (χ2v) is 10.9. The predicted octanol–water partition coefficient (Wildman–Crippen LogP) is 2.66. The minimum absolute atomic E-state index is 0.0275. The molecule has 0 aliphatic carbocycles. The minimum Gasteiger partial charge on any atom is -0.480 e. The van der Waals surface area contributed by atoms with E-state index in [-0.39, 0.29) is 34.3 Å². The van der Waals surface area contributed by atoms with Crippen molar-refractivity contribution >= 4 is 47.0 Å². The number of aliphatic imine (C=N–C) groups is 1. The third-order valence-corrected chi connectivity index (χ3v) is 7.26. The fraction of sp³-hybridized carbons (Fsp3) is 0.355. The van der Waals surface area contributed by atoms with E-state index in [1.54, 1.807) is 0 Å². The Morgan fingerprint density at radius 2 is 1.49 bits per heavy atom. The summed E-state index contributed by atoms with van der Waals surface area (Å²) in [5.74, 6) is -1.99. The van der Waals surface area contributed by atoms with Crippen LogP contribution in [0.3, 0.4) is 0 Å². The number of unbranched alkanes of at least 4 members (excludes halogenated alkanes) is 2. The fourth-order valence-corrected chi connectivity index (χ4v) is 4.51. The molecule has 11 N–H and O–H groups in total. The highest BCUT2D eigenvalue weighted by Crippen LogP contribution is 2.22. The Kier molecular flexibility index (Phi) is 13.5. The van der Waals surface area contributed by atoms with Gasteiger partial charge in [-0.2, -0.15) is 0 Å². The van der Waals surface area contributed by atoms with Crippen molar-refractivity contribution in [2.45, 2.75) is 57.4 Å². The van der Waals surface area contributed by atoms with Crippen LogP contribution < -0.4 is 33.6 Å². The Labute approximate surface area is 266 Å². The van der Waals surface area contributed by atoms with Crippen molar-refractivity contribution in [2.24, 2.45) is 16.5 Å². The lowest BCUT2D eigenvalue weighted by Crippen LogP contribution is -2.38. The predicted molar refractivity (Wildman–Crippen MR) is 175 cm³/mol. The Hall–Kier alpha value is -4.75. The standard InChI is InChI=1S/C31H40ClN9O4/c32-26-28(35)40-27(34)25(39-26)29(43)41-31(36)38-18-3-1-5-19-7-12-21(13-8-19)22-14-9-20(10-15-22)11-16-24(42)37-17-4-2-6-23(33)30(44)45/h7-10,12-15,23H,1-6,11,16-18,33H2,(H,37,42)(H,44,45)(H4,34,35,40)(H3,36,38,41,43)/t23-/m0/s1. The maximum absolute atomic E-state index is 12.3. The average Bonchev–Trinajstić information content (AvgIpc) is 3.01. The van der Waals surface area contributed by atoms with E-state index in [1.807, 2.05) is 12.1 Å². The number of anilines is 2. The molecule has 3 rings (SSSR count). The first-order valence-corrected chi connectivity index (χ1v) is 15.0. The van der Waals surface area contributed by atoms with Crippen molar-refractivity contribution in [3.05, 3.63) is 70.5 Å². The van der Waals surface area contributed by atoms with Gasteiger partial charge in [0, 0.05) is 19.5 Å². The molecular weight excluding hydrogens is 598 g/mol. The van der Waals surface area contributed by atoms with Gasteiger partial charge < -0.3 is 33.4 Å². The number of nitrogen functional groups attached to an aromatic ring is 2. The third-order valence-electron chi connectivity index (χ3n) is 6.98. The van der Waals surface area contributed by atoms with Gasteiger partial charge in [-0.15, -0.1) is 0 Å². The number of carboxylic acids is 1. The quantitative estimate of drug-likeness (QED) is 0.0688. The number of carboxylic acid groups (broad SMARTS) is 1. The van der Waals surface area contributed by atoms with Crippen LogP contribution in [0.15, 0.2) is 53.5 Å². The van der Waals surface area contributed by atoms with Gasteiger partial charge in [0.2, 0.25) is 5.91 Å². The van der Waals surface area contributed by atoms with Gasteiger partial charge in [-0.05, 0) is 67.2 Å². The lowest BCUT2D eigenvalue weighted by molar-refractivity contribution is -0.138. The monoisotopic (exact) mass is 637 g/mol. The number of nitrogens with two attached hydrogens (primary N) is 4. The molecule has 0 aliphatic heterocycles. The van der Waals surface area contributed by atoms with E-state index < -0.39 is 17.9 Å². The van der Waals surface area contributed by atoms with Crippen LogP contribution in [0.25, 0.3) is 11.1 Å². The van der Waals surface area contributed by atoms with Crippen molar-refractivity contribution in [1.82, 2.24) is 20.6 Å². The molecule has 3 aromatic rings. The van der Waals surface area contributed by atoms with Crippen LogP contribution in [0, 0.1) is 0 Å². The zero-order chi connectivity index (χ0) is 32.8. The number of carbonyl (C=O) groups is 3. The minimum atomic E-state index is -1.00. The Bertz CT molecular complexity index is 1480. The van der Waals surface area contributed by atoms with Gasteiger partial charge in [-0.3, -0.25) is 24.7 Å². The number of rotatable bonds is 16. The number of nitrogens with one attached hydrogen (secondary N) is 2. The molecule has 0 fully saturated rings. The fourth-order valence-electron chi connectivity index (χ4n) is 4.38. The smallest absolute Gasteiger partial charge is 0.320 e. The van der Waals surface area contributed by atoms with Gasteiger partial charge in [0.25, 0.3) is 5.91 Å². The van der Waals surface area contributed by atoms with Crippen molar-refractivity contribution < 1.29 is 19.5 Å².